The van der Waals surface area contributed by atoms with E-state index in [0.717, 1.165) is 6.92 Å². The fourth-order valence-electron chi connectivity index (χ4n) is 1.52. The lowest BCUT2D eigenvalue weighted by Gasteiger charge is -2.17. The van der Waals surface area contributed by atoms with Crippen LogP contribution in [0.5, 0.6) is 0 Å². The normalized spacial score (nSPS) is 13.9. The van der Waals surface area contributed by atoms with Crippen molar-refractivity contribution in [1.82, 2.24) is 9.78 Å². The summed E-state index contributed by atoms with van der Waals surface area (Å²) in [7, 11) is 0. The van der Waals surface area contributed by atoms with E-state index in [-0.39, 0.29) is 5.39 Å². The van der Waals surface area contributed by atoms with E-state index in [1.54, 1.807) is 18.2 Å². The van der Waals surface area contributed by atoms with Crippen LogP contribution in [0.3, 0.4) is 0 Å². The van der Waals surface area contributed by atoms with Crippen LogP contribution < -0.4 is 5.56 Å². The molecular weight excluding hydrogens is 233 g/mol. The van der Waals surface area contributed by atoms with E-state index in [4.69, 9.17) is 0 Å². The van der Waals surface area contributed by atoms with Crippen molar-refractivity contribution < 1.29 is 13.2 Å². The average molecular weight is 242 g/mol. The fourth-order valence-corrected chi connectivity index (χ4v) is 1.52. The number of fused-ring (bicyclic) bond motifs is 1. The Morgan fingerprint density at radius 3 is 2.59 bits per heavy atom. The molecule has 0 amide bonds. The Morgan fingerprint density at radius 1 is 1.29 bits per heavy atom. The number of aromatic nitrogens is 2. The standard InChI is InChI=1S/C11H9F3N2O/c1-7(11(12,13)14)16-10(17)9-5-3-2-4-8(9)6-15-16/h2-7H,1H3. The fraction of sp³-hybridized carbons (Fsp3) is 0.273. The van der Waals surface area contributed by atoms with E-state index >= 15 is 0 Å². The van der Waals surface area contributed by atoms with Crippen molar-refractivity contribution in [3.05, 3.63) is 40.8 Å². The molecule has 90 valence electrons. The van der Waals surface area contributed by atoms with Gasteiger partial charge in [0.2, 0.25) is 0 Å². The predicted octanol–water partition coefficient (Wildman–Crippen LogP) is 2.52. The van der Waals surface area contributed by atoms with Crippen molar-refractivity contribution in [2.45, 2.75) is 19.1 Å². The van der Waals surface area contributed by atoms with Gasteiger partial charge in [0, 0.05) is 5.39 Å². The van der Waals surface area contributed by atoms with Gasteiger partial charge in [0.05, 0.1) is 11.6 Å². The molecule has 0 aliphatic heterocycles. The molecule has 0 aliphatic carbocycles. The minimum Gasteiger partial charge on any atom is -0.267 e. The summed E-state index contributed by atoms with van der Waals surface area (Å²) in [6.07, 6.45) is -3.22. The SMILES string of the molecule is CC(n1ncc2ccccc2c1=O)C(F)(F)F. The van der Waals surface area contributed by atoms with Gasteiger partial charge in [-0.2, -0.15) is 18.3 Å². The van der Waals surface area contributed by atoms with Crippen LogP contribution in [-0.2, 0) is 0 Å². The lowest BCUT2D eigenvalue weighted by molar-refractivity contribution is -0.166. The van der Waals surface area contributed by atoms with Crippen LogP contribution >= 0.6 is 0 Å². The second-order valence-corrected chi connectivity index (χ2v) is 3.70. The molecular formula is C11H9F3N2O. The summed E-state index contributed by atoms with van der Waals surface area (Å²) in [4.78, 5) is 11.8. The molecule has 2 aromatic rings. The van der Waals surface area contributed by atoms with Crippen LogP contribution in [0, 0.1) is 0 Å². The Labute approximate surface area is 94.5 Å². The topological polar surface area (TPSA) is 34.9 Å². The summed E-state index contributed by atoms with van der Waals surface area (Å²) in [5.41, 5.74) is -0.729. The van der Waals surface area contributed by atoms with Crippen LogP contribution in [0.1, 0.15) is 13.0 Å². The Kier molecular flexibility index (Phi) is 2.65. The molecule has 0 saturated heterocycles. The summed E-state index contributed by atoms with van der Waals surface area (Å²) in [5, 5.41) is 4.32. The maximum atomic E-state index is 12.5. The molecule has 1 aromatic heterocycles. The quantitative estimate of drug-likeness (QED) is 0.770. The molecule has 0 N–H and O–H groups in total. The molecule has 6 heteroatoms. The summed E-state index contributed by atoms with van der Waals surface area (Å²) < 4.78 is 38.0. The number of hydrogen-bond donors (Lipinski definition) is 0. The van der Waals surface area contributed by atoms with Gasteiger partial charge in [-0.3, -0.25) is 4.79 Å². The van der Waals surface area contributed by atoms with Crippen molar-refractivity contribution in [3.8, 4) is 0 Å². The third-order valence-corrected chi connectivity index (χ3v) is 2.56. The number of rotatable bonds is 1. The first kappa shape index (κ1) is 11.6. The number of alkyl halides is 3. The zero-order valence-electron chi connectivity index (χ0n) is 8.90. The van der Waals surface area contributed by atoms with E-state index < -0.39 is 17.8 Å². The Hall–Kier alpha value is -1.85. The molecule has 0 spiro atoms. The molecule has 1 atom stereocenters. The maximum absolute atomic E-state index is 12.5. The average Bonchev–Trinajstić information content (AvgIpc) is 2.28. The van der Waals surface area contributed by atoms with Crippen molar-refractivity contribution in [2.24, 2.45) is 0 Å². The largest absolute Gasteiger partial charge is 0.410 e. The van der Waals surface area contributed by atoms with Crippen LogP contribution in [-0.4, -0.2) is 16.0 Å². The summed E-state index contributed by atoms with van der Waals surface area (Å²) in [6, 6.07) is 4.48. The maximum Gasteiger partial charge on any atom is 0.410 e. The van der Waals surface area contributed by atoms with Gasteiger partial charge in [-0.05, 0) is 13.0 Å². The molecule has 2 rings (SSSR count). The van der Waals surface area contributed by atoms with Crippen molar-refractivity contribution >= 4 is 10.8 Å². The Balaban J connectivity index is 2.65. The molecule has 1 aromatic carbocycles. The number of halogens is 3. The van der Waals surface area contributed by atoms with Gasteiger partial charge >= 0.3 is 6.18 Å². The minimum absolute atomic E-state index is 0.235. The molecule has 0 fully saturated rings. The molecule has 17 heavy (non-hydrogen) atoms. The summed E-state index contributed by atoms with van der Waals surface area (Å²) >= 11 is 0. The van der Waals surface area contributed by atoms with Crippen molar-refractivity contribution in [1.29, 1.82) is 0 Å². The second-order valence-electron chi connectivity index (χ2n) is 3.70. The molecule has 0 saturated carbocycles. The van der Waals surface area contributed by atoms with Gasteiger partial charge < -0.3 is 0 Å². The number of hydrogen-bond acceptors (Lipinski definition) is 2. The molecule has 0 bridgehead atoms. The van der Waals surface area contributed by atoms with E-state index in [1.807, 2.05) is 0 Å². The molecule has 0 radical (unpaired) electrons. The highest BCUT2D eigenvalue weighted by Gasteiger charge is 2.38. The molecule has 0 aliphatic rings. The van der Waals surface area contributed by atoms with E-state index in [1.165, 1.54) is 12.3 Å². The summed E-state index contributed by atoms with van der Waals surface area (Å²) in [5.74, 6) is 0. The monoisotopic (exact) mass is 242 g/mol. The van der Waals surface area contributed by atoms with Crippen LogP contribution in [0.25, 0.3) is 10.8 Å². The van der Waals surface area contributed by atoms with Crippen LogP contribution in [0.15, 0.2) is 35.3 Å². The smallest absolute Gasteiger partial charge is 0.267 e. The van der Waals surface area contributed by atoms with Gasteiger partial charge in [-0.1, -0.05) is 18.2 Å². The first-order chi connectivity index (χ1) is 7.91. The highest BCUT2D eigenvalue weighted by atomic mass is 19.4. The van der Waals surface area contributed by atoms with Gasteiger partial charge in [-0.25, -0.2) is 4.68 Å². The van der Waals surface area contributed by atoms with Gasteiger partial charge in [0.1, 0.15) is 6.04 Å². The third-order valence-electron chi connectivity index (χ3n) is 2.56. The van der Waals surface area contributed by atoms with E-state index in [2.05, 4.69) is 5.10 Å². The zero-order valence-corrected chi connectivity index (χ0v) is 8.90. The Morgan fingerprint density at radius 2 is 1.94 bits per heavy atom. The van der Waals surface area contributed by atoms with Crippen LogP contribution in [0.4, 0.5) is 13.2 Å². The first-order valence-corrected chi connectivity index (χ1v) is 4.94. The molecule has 3 nitrogen and oxygen atoms in total. The van der Waals surface area contributed by atoms with Gasteiger partial charge in [0.25, 0.3) is 5.56 Å². The molecule has 1 unspecified atom stereocenters. The lowest BCUT2D eigenvalue weighted by Crippen LogP contribution is -2.34. The number of benzene rings is 1. The highest BCUT2D eigenvalue weighted by molar-refractivity contribution is 5.80. The predicted molar refractivity (Wildman–Crippen MR) is 56.8 cm³/mol. The van der Waals surface area contributed by atoms with Crippen molar-refractivity contribution in [2.75, 3.05) is 0 Å². The van der Waals surface area contributed by atoms with Gasteiger partial charge in [-0.15, -0.1) is 0 Å². The second kappa shape index (κ2) is 3.87. The van der Waals surface area contributed by atoms with Gasteiger partial charge in [0.15, 0.2) is 0 Å². The third kappa shape index (κ3) is 2.02. The van der Waals surface area contributed by atoms with Crippen LogP contribution in [0.2, 0.25) is 0 Å². The summed E-state index contributed by atoms with van der Waals surface area (Å²) in [6.45, 7) is 0.906. The lowest BCUT2D eigenvalue weighted by atomic mass is 10.2. The van der Waals surface area contributed by atoms with Crippen molar-refractivity contribution in [3.63, 3.8) is 0 Å². The zero-order chi connectivity index (χ0) is 12.6. The highest BCUT2D eigenvalue weighted by Crippen LogP contribution is 2.28. The number of nitrogens with zero attached hydrogens (tertiary/aromatic N) is 2. The first-order valence-electron chi connectivity index (χ1n) is 4.94. The molecule has 1 heterocycles. The van der Waals surface area contributed by atoms with E-state index in [0.29, 0.717) is 10.1 Å². The Bertz CT molecular complexity index is 603. The minimum atomic E-state index is -4.49. The van der Waals surface area contributed by atoms with E-state index in [9.17, 15) is 18.0 Å².